The lowest BCUT2D eigenvalue weighted by molar-refractivity contribution is 0.588. The molecule has 0 fully saturated rings. The Morgan fingerprint density at radius 2 is 1.94 bits per heavy atom. The van der Waals surface area contributed by atoms with E-state index in [-0.39, 0.29) is 0 Å². The summed E-state index contributed by atoms with van der Waals surface area (Å²) in [5.41, 5.74) is 6.63. The van der Waals surface area contributed by atoms with Crippen molar-refractivity contribution in [3.63, 3.8) is 0 Å². The maximum absolute atomic E-state index is 13.8. The van der Waals surface area contributed by atoms with Gasteiger partial charge in [-0.3, -0.25) is 4.98 Å². The zero-order chi connectivity index (χ0) is 12.4. The van der Waals surface area contributed by atoms with Crippen LogP contribution in [-0.2, 0) is 0 Å². The fourth-order valence-corrected chi connectivity index (χ4v) is 1.87. The largest absolute Gasteiger partial charge is 0.319 e. The van der Waals surface area contributed by atoms with Crippen LogP contribution in [0.5, 0.6) is 0 Å². The number of rotatable bonds is 2. The number of halogens is 3. The highest BCUT2D eigenvalue weighted by atomic mass is 79.9. The molecule has 0 aliphatic heterocycles. The third-order valence-corrected chi connectivity index (χ3v) is 3.00. The molecule has 1 aromatic carbocycles. The van der Waals surface area contributed by atoms with E-state index >= 15 is 0 Å². The summed E-state index contributed by atoms with van der Waals surface area (Å²) in [5.74, 6) is -0.873. The highest BCUT2D eigenvalue weighted by Gasteiger charge is 2.16. The molecule has 2 nitrogen and oxygen atoms in total. The number of nitrogens with zero attached hydrogens (tertiary/aromatic N) is 1. The van der Waals surface area contributed by atoms with Gasteiger partial charge in [0, 0.05) is 5.56 Å². The zero-order valence-electron chi connectivity index (χ0n) is 8.70. The maximum atomic E-state index is 13.8. The van der Waals surface area contributed by atoms with E-state index in [0.717, 1.165) is 6.20 Å². The molecular weight excluding hydrogens is 290 g/mol. The second-order valence-corrected chi connectivity index (χ2v) is 4.38. The summed E-state index contributed by atoms with van der Waals surface area (Å²) in [7, 11) is 0. The molecule has 2 aromatic rings. The first kappa shape index (κ1) is 12.1. The highest BCUT2D eigenvalue weighted by Crippen LogP contribution is 2.25. The lowest BCUT2D eigenvalue weighted by Gasteiger charge is -2.13. The van der Waals surface area contributed by atoms with Gasteiger partial charge < -0.3 is 5.73 Å². The molecule has 0 spiro atoms. The lowest BCUT2D eigenvalue weighted by Crippen LogP contribution is -2.15. The van der Waals surface area contributed by atoms with Crippen LogP contribution in [0.15, 0.2) is 41.0 Å². The molecule has 17 heavy (non-hydrogen) atoms. The molecule has 0 aliphatic rings. The topological polar surface area (TPSA) is 38.9 Å². The SMILES string of the molecule is NC(c1ccc(F)cn1)c1cccc(Br)c1F. The normalized spacial score (nSPS) is 12.5. The average molecular weight is 299 g/mol. The summed E-state index contributed by atoms with van der Waals surface area (Å²) >= 11 is 3.09. The Balaban J connectivity index is 2.40. The molecule has 2 rings (SSSR count). The number of pyridine rings is 1. The Morgan fingerprint density at radius 1 is 1.18 bits per heavy atom. The fourth-order valence-electron chi connectivity index (χ4n) is 1.49. The molecule has 1 aromatic heterocycles. The van der Waals surface area contributed by atoms with Gasteiger partial charge in [0.2, 0.25) is 0 Å². The Bertz CT molecular complexity index is 529. The molecule has 0 radical (unpaired) electrons. The average Bonchev–Trinajstić information content (AvgIpc) is 2.33. The minimum Gasteiger partial charge on any atom is -0.319 e. The van der Waals surface area contributed by atoms with E-state index in [0.29, 0.717) is 15.7 Å². The van der Waals surface area contributed by atoms with Crippen molar-refractivity contribution in [3.8, 4) is 0 Å². The first-order valence-electron chi connectivity index (χ1n) is 4.90. The fraction of sp³-hybridized carbons (Fsp3) is 0.0833. The van der Waals surface area contributed by atoms with Gasteiger partial charge in [0.15, 0.2) is 0 Å². The van der Waals surface area contributed by atoms with Crippen LogP contribution < -0.4 is 5.73 Å². The molecule has 1 atom stereocenters. The van der Waals surface area contributed by atoms with E-state index < -0.39 is 17.7 Å². The molecule has 1 unspecified atom stereocenters. The molecule has 1 heterocycles. The number of hydrogen-bond donors (Lipinski definition) is 1. The van der Waals surface area contributed by atoms with Crippen molar-refractivity contribution < 1.29 is 8.78 Å². The van der Waals surface area contributed by atoms with Crippen molar-refractivity contribution in [2.45, 2.75) is 6.04 Å². The van der Waals surface area contributed by atoms with Gasteiger partial charge in [-0.1, -0.05) is 12.1 Å². The Kier molecular flexibility index (Phi) is 3.49. The molecule has 0 saturated heterocycles. The summed E-state index contributed by atoms with van der Waals surface area (Å²) in [6, 6.07) is 6.83. The predicted octanol–water partition coefficient (Wildman–Crippen LogP) is 3.17. The maximum Gasteiger partial charge on any atom is 0.142 e. The highest BCUT2D eigenvalue weighted by molar-refractivity contribution is 9.10. The van der Waals surface area contributed by atoms with Gasteiger partial charge in [-0.25, -0.2) is 8.78 Å². The van der Waals surface area contributed by atoms with Crippen LogP contribution in [0.2, 0.25) is 0 Å². The molecule has 0 amide bonds. The van der Waals surface area contributed by atoms with E-state index in [2.05, 4.69) is 20.9 Å². The van der Waals surface area contributed by atoms with Gasteiger partial charge in [0.25, 0.3) is 0 Å². The van der Waals surface area contributed by atoms with Crippen LogP contribution in [0.3, 0.4) is 0 Å². The minimum absolute atomic E-state index is 0.318. The first-order valence-corrected chi connectivity index (χ1v) is 5.70. The van der Waals surface area contributed by atoms with E-state index in [1.54, 1.807) is 18.2 Å². The Labute approximate surface area is 106 Å². The van der Waals surface area contributed by atoms with Gasteiger partial charge in [-0.05, 0) is 34.1 Å². The molecular formula is C12H9BrF2N2. The number of nitrogens with two attached hydrogens (primary N) is 1. The first-order chi connectivity index (χ1) is 8.09. The van der Waals surface area contributed by atoms with Gasteiger partial charge in [-0.15, -0.1) is 0 Å². The monoisotopic (exact) mass is 298 g/mol. The summed E-state index contributed by atoms with van der Waals surface area (Å²) in [4.78, 5) is 3.84. The standard InChI is InChI=1S/C12H9BrF2N2/c13-9-3-1-2-8(11(9)15)12(16)10-5-4-7(14)6-17-10/h1-6,12H,16H2. The summed E-state index contributed by atoms with van der Waals surface area (Å²) in [5, 5.41) is 0. The Hall–Kier alpha value is -1.33. The van der Waals surface area contributed by atoms with Crippen LogP contribution >= 0.6 is 15.9 Å². The van der Waals surface area contributed by atoms with Crippen LogP contribution in [0.4, 0.5) is 8.78 Å². The second-order valence-electron chi connectivity index (χ2n) is 3.52. The van der Waals surface area contributed by atoms with E-state index in [1.807, 2.05) is 0 Å². The smallest absolute Gasteiger partial charge is 0.142 e. The quantitative estimate of drug-likeness (QED) is 0.925. The van der Waals surface area contributed by atoms with Crippen molar-refractivity contribution in [2.24, 2.45) is 5.73 Å². The van der Waals surface area contributed by atoms with Gasteiger partial charge in [0.05, 0.1) is 22.4 Å². The third-order valence-electron chi connectivity index (χ3n) is 2.39. The molecule has 5 heteroatoms. The zero-order valence-corrected chi connectivity index (χ0v) is 10.3. The van der Waals surface area contributed by atoms with Crippen LogP contribution in [0.25, 0.3) is 0 Å². The van der Waals surface area contributed by atoms with E-state index in [9.17, 15) is 8.78 Å². The third kappa shape index (κ3) is 2.50. The molecule has 0 aliphatic carbocycles. The van der Waals surface area contributed by atoms with Crippen molar-refractivity contribution >= 4 is 15.9 Å². The van der Waals surface area contributed by atoms with Crippen molar-refractivity contribution in [2.75, 3.05) is 0 Å². The lowest BCUT2D eigenvalue weighted by atomic mass is 10.0. The number of hydrogen-bond acceptors (Lipinski definition) is 2. The number of aromatic nitrogens is 1. The van der Waals surface area contributed by atoms with Crippen LogP contribution in [-0.4, -0.2) is 4.98 Å². The van der Waals surface area contributed by atoms with Crippen LogP contribution in [0.1, 0.15) is 17.3 Å². The summed E-state index contributed by atoms with van der Waals surface area (Å²) in [6.07, 6.45) is 1.06. The summed E-state index contributed by atoms with van der Waals surface area (Å²) in [6.45, 7) is 0. The van der Waals surface area contributed by atoms with Crippen LogP contribution in [0, 0.1) is 11.6 Å². The summed E-state index contributed by atoms with van der Waals surface area (Å²) < 4.78 is 26.8. The predicted molar refractivity (Wildman–Crippen MR) is 64.3 cm³/mol. The van der Waals surface area contributed by atoms with Gasteiger partial charge >= 0.3 is 0 Å². The Morgan fingerprint density at radius 3 is 2.59 bits per heavy atom. The number of benzene rings is 1. The van der Waals surface area contributed by atoms with Gasteiger partial charge in [0.1, 0.15) is 11.6 Å². The van der Waals surface area contributed by atoms with Crippen molar-refractivity contribution in [1.82, 2.24) is 4.98 Å². The van der Waals surface area contributed by atoms with Crippen molar-refractivity contribution in [1.29, 1.82) is 0 Å². The van der Waals surface area contributed by atoms with E-state index in [1.165, 1.54) is 12.1 Å². The van der Waals surface area contributed by atoms with Gasteiger partial charge in [-0.2, -0.15) is 0 Å². The van der Waals surface area contributed by atoms with Crippen molar-refractivity contribution in [3.05, 3.63) is 63.9 Å². The molecule has 0 bridgehead atoms. The van der Waals surface area contributed by atoms with E-state index in [4.69, 9.17) is 5.73 Å². The minimum atomic E-state index is -0.715. The molecule has 0 saturated carbocycles. The molecule has 88 valence electrons. The second kappa shape index (κ2) is 4.89. The molecule has 2 N–H and O–H groups in total.